The SMILES string of the molecule is Nn1nnnc1SCc1ccc(Cl)cc1. The summed E-state index contributed by atoms with van der Waals surface area (Å²) in [4.78, 5) is 1.15. The van der Waals surface area contributed by atoms with Crippen molar-refractivity contribution in [3.05, 3.63) is 34.9 Å². The standard InChI is InChI=1S/C8H8ClN5S/c9-7-3-1-6(2-4-7)5-15-8-11-12-13-14(8)10/h1-4H,5,10H2. The van der Waals surface area contributed by atoms with Crippen LogP contribution in [-0.2, 0) is 5.75 Å². The van der Waals surface area contributed by atoms with Crippen LogP contribution >= 0.6 is 23.4 Å². The Labute approximate surface area is 95.6 Å². The molecule has 7 heteroatoms. The zero-order chi connectivity index (χ0) is 10.7. The van der Waals surface area contributed by atoms with Gasteiger partial charge in [0.1, 0.15) is 0 Å². The average Bonchev–Trinajstić information content (AvgIpc) is 2.63. The topological polar surface area (TPSA) is 69.6 Å². The minimum Gasteiger partial charge on any atom is -0.319 e. The first-order valence-electron chi connectivity index (χ1n) is 4.16. The number of aromatic nitrogens is 4. The van der Waals surface area contributed by atoms with E-state index >= 15 is 0 Å². The van der Waals surface area contributed by atoms with Crippen molar-refractivity contribution in [3.63, 3.8) is 0 Å². The number of nitrogens with two attached hydrogens (primary N) is 1. The minimum atomic E-state index is 0.588. The van der Waals surface area contributed by atoms with Crippen molar-refractivity contribution < 1.29 is 0 Å². The second kappa shape index (κ2) is 4.50. The smallest absolute Gasteiger partial charge is 0.230 e. The van der Waals surface area contributed by atoms with Crippen LogP contribution in [0.1, 0.15) is 5.56 Å². The molecule has 1 heterocycles. The van der Waals surface area contributed by atoms with E-state index in [1.54, 1.807) is 0 Å². The Morgan fingerprint density at radius 1 is 1.33 bits per heavy atom. The predicted octanol–water partition coefficient (Wildman–Crippen LogP) is 1.33. The zero-order valence-corrected chi connectivity index (χ0v) is 9.24. The molecule has 0 fully saturated rings. The molecule has 0 aliphatic rings. The highest BCUT2D eigenvalue weighted by atomic mass is 35.5. The number of halogens is 1. The summed E-state index contributed by atoms with van der Waals surface area (Å²) < 4.78 is 0. The third-order valence-corrected chi connectivity index (χ3v) is 3.00. The predicted molar refractivity (Wildman–Crippen MR) is 59.0 cm³/mol. The lowest BCUT2D eigenvalue weighted by Gasteiger charge is -1.99. The summed E-state index contributed by atoms with van der Waals surface area (Å²) in [6.45, 7) is 0. The molecule has 5 nitrogen and oxygen atoms in total. The van der Waals surface area contributed by atoms with Gasteiger partial charge in [0.2, 0.25) is 5.16 Å². The van der Waals surface area contributed by atoms with Gasteiger partial charge in [-0.15, -0.1) is 4.79 Å². The maximum absolute atomic E-state index is 5.77. The summed E-state index contributed by atoms with van der Waals surface area (Å²) >= 11 is 7.24. The zero-order valence-electron chi connectivity index (χ0n) is 7.67. The number of rotatable bonds is 3. The third kappa shape index (κ3) is 2.60. The monoisotopic (exact) mass is 241 g/mol. The van der Waals surface area contributed by atoms with E-state index in [9.17, 15) is 0 Å². The van der Waals surface area contributed by atoms with Gasteiger partial charge in [0.25, 0.3) is 0 Å². The molecule has 2 N–H and O–H groups in total. The summed E-state index contributed by atoms with van der Waals surface area (Å²) in [5, 5.41) is 12.1. The maximum Gasteiger partial charge on any atom is 0.230 e. The molecular formula is C8H8ClN5S. The molecule has 2 rings (SSSR count). The summed E-state index contributed by atoms with van der Waals surface area (Å²) in [6, 6.07) is 7.62. The van der Waals surface area contributed by atoms with Gasteiger partial charge in [-0.1, -0.05) is 40.6 Å². The van der Waals surface area contributed by atoms with Gasteiger partial charge in [0.15, 0.2) is 0 Å². The molecule has 0 aliphatic carbocycles. The Morgan fingerprint density at radius 3 is 2.67 bits per heavy atom. The minimum absolute atomic E-state index is 0.588. The van der Waals surface area contributed by atoms with Crippen LogP contribution in [0.2, 0.25) is 5.02 Å². The van der Waals surface area contributed by atoms with Gasteiger partial charge in [-0.3, -0.25) is 0 Å². The highest BCUT2D eigenvalue weighted by Crippen LogP contribution is 2.19. The van der Waals surface area contributed by atoms with E-state index < -0.39 is 0 Å². The quantitative estimate of drug-likeness (QED) is 0.649. The van der Waals surface area contributed by atoms with E-state index in [1.807, 2.05) is 24.3 Å². The molecule has 0 aliphatic heterocycles. The number of nitrogens with zero attached hydrogens (tertiary/aromatic N) is 4. The molecule has 0 unspecified atom stereocenters. The molecule has 0 saturated carbocycles. The van der Waals surface area contributed by atoms with Crippen LogP contribution in [-0.4, -0.2) is 20.3 Å². The summed E-state index contributed by atoms with van der Waals surface area (Å²) in [5.41, 5.74) is 1.15. The van der Waals surface area contributed by atoms with Crippen molar-refractivity contribution in [2.24, 2.45) is 0 Å². The molecular weight excluding hydrogens is 234 g/mol. The lowest BCUT2D eigenvalue weighted by Crippen LogP contribution is -2.11. The Morgan fingerprint density at radius 2 is 2.07 bits per heavy atom. The fourth-order valence-corrected chi connectivity index (χ4v) is 1.89. The molecule has 1 aromatic carbocycles. The fraction of sp³-hybridized carbons (Fsp3) is 0.125. The van der Waals surface area contributed by atoms with Gasteiger partial charge in [0, 0.05) is 10.8 Å². The summed E-state index contributed by atoms with van der Waals surface area (Å²) in [7, 11) is 0. The van der Waals surface area contributed by atoms with E-state index in [4.69, 9.17) is 17.4 Å². The molecule has 0 radical (unpaired) electrons. The van der Waals surface area contributed by atoms with E-state index in [-0.39, 0.29) is 0 Å². The van der Waals surface area contributed by atoms with Crippen molar-refractivity contribution >= 4 is 23.4 Å². The van der Waals surface area contributed by atoms with Crippen molar-refractivity contribution in [2.75, 3.05) is 5.84 Å². The van der Waals surface area contributed by atoms with Crippen molar-refractivity contribution in [2.45, 2.75) is 10.9 Å². The lowest BCUT2D eigenvalue weighted by molar-refractivity contribution is 0.716. The van der Waals surface area contributed by atoms with Gasteiger partial charge in [-0.05, 0) is 28.1 Å². The fourth-order valence-electron chi connectivity index (χ4n) is 1.01. The Balaban J connectivity index is 1.99. The molecule has 15 heavy (non-hydrogen) atoms. The number of hydrogen-bond donors (Lipinski definition) is 1. The second-order valence-corrected chi connectivity index (χ2v) is 4.20. The van der Waals surface area contributed by atoms with Crippen LogP contribution in [0.25, 0.3) is 0 Å². The molecule has 2 aromatic rings. The molecule has 78 valence electrons. The Bertz CT molecular complexity index is 441. The van der Waals surface area contributed by atoms with E-state index in [0.29, 0.717) is 5.16 Å². The lowest BCUT2D eigenvalue weighted by atomic mass is 10.2. The largest absolute Gasteiger partial charge is 0.319 e. The first kappa shape index (κ1) is 10.3. The van der Waals surface area contributed by atoms with Crippen molar-refractivity contribution in [3.8, 4) is 0 Å². The number of hydrogen-bond acceptors (Lipinski definition) is 5. The third-order valence-electron chi connectivity index (χ3n) is 1.74. The number of benzene rings is 1. The van der Waals surface area contributed by atoms with Gasteiger partial charge < -0.3 is 5.84 Å². The average molecular weight is 242 g/mol. The first-order chi connectivity index (χ1) is 7.25. The number of tetrazole rings is 1. The highest BCUT2D eigenvalue weighted by molar-refractivity contribution is 7.98. The van der Waals surface area contributed by atoms with Crippen LogP contribution in [0, 0.1) is 0 Å². The first-order valence-corrected chi connectivity index (χ1v) is 5.53. The van der Waals surface area contributed by atoms with E-state index in [2.05, 4.69) is 15.5 Å². The van der Waals surface area contributed by atoms with E-state index in [1.165, 1.54) is 11.8 Å². The molecule has 0 atom stereocenters. The Kier molecular flexibility index (Phi) is 3.08. The van der Waals surface area contributed by atoms with Gasteiger partial charge in [-0.2, -0.15) is 0 Å². The molecule has 1 aromatic heterocycles. The molecule has 0 bridgehead atoms. The maximum atomic E-state index is 5.77. The van der Waals surface area contributed by atoms with Crippen LogP contribution in [0.15, 0.2) is 29.4 Å². The number of thioether (sulfide) groups is 1. The summed E-state index contributed by atoms with van der Waals surface area (Å²) in [6.07, 6.45) is 0. The Hall–Kier alpha value is -1.27. The summed E-state index contributed by atoms with van der Waals surface area (Å²) in [5.74, 6) is 6.23. The highest BCUT2D eigenvalue weighted by Gasteiger charge is 2.03. The number of nitrogen functional groups attached to an aromatic ring is 1. The second-order valence-electron chi connectivity index (χ2n) is 2.82. The van der Waals surface area contributed by atoms with Gasteiger partial charge in [-0.25, -0.2) is 0 Å². The van der Waals surface area contributed by atoms with Crippen LogP contribution in [0.3, 0.4) is 0 Å². The van der Waals surface area contributed by atoms with Crippen LogP contribution in [0.4, 0.5) is 0 Å². The van der Waals surface area contributed by atoms with Crippen LogP contribution in [0.5, 0.6) is 0 Å². The van der Waals surface area contributed by atoms with Crippen LogP contribution < -0.4 is 5.84 Å². The molecule has 0 amide bonds. The van der Waals surface area contributed by atoms with Crippen molar-refractivity contribution in [1.29, 1.82) is 0 Å². The van der Waals surface area contributed by atoms with Gasteiger partial charge >= 0.3 is 0 Å². The van der Waals surface area contributed by atoms with Gasteiger partial charge in [0.05, 0.1) is 0 Å². The normalized spacial score (nSPS) is 10.5. The molecule has 0 spiro atoms. The van der Waals surface area contributed by atoms with Crippen molar-refractivity contribution in [1.82, 2.24) is 20.3 Å². The molecule has 0 saturated heterocycles. The van der Waals surface area contributed by atoms with E-state index in [0.717, 1.165) is 21.1 Å².